The van der Waals surface area contributed by atoms with E-state index in [1.807, 2.05) is 18.3 Å². The molecule has 5 rings (SSSR count). The van der Waals surface area contributed by atoms with Gasteiger partial charge in [0, 0.05) is 29.4 Å². The van der Waals surface area contributed by atoms with E-state index in [4.69, 9.17) is 4.98 Å². The molecule has 4 heterocycles. The maximum Gasteiger partial charge on any atom is 0.322 e. The summed E-state index contributed by atoms with van der Waals surface area (Å²) >= 11 is 2.14. The lowest BCUT2D eigenvalue weighted by Crippen LogP contribution is -2.33. The second-order valence-electron chi connectivity index (χ2n) is 7.99. The summed E-state index contributed by atoms with van der Waals surface area (Å²) in [5.41, 5.74) is 2.01. The van der Waals surface area contributed by atoms with Gasteiger partial charge in [-0.1, -0.05) is 0 Å². The van der Waals surface area contributed by atoms with Crippen LogP contribution in [0.3, 0.4) is 0 Å². The van der Waals surface area contributed by atoms with Gasteiger partial charge in [0.2, 0.25) is 0 Å². The zero-order chi connectivity index (χ0) is 21.5. The molecule has 1 aromatic carbocycles. The number of carbonyl (C=O) groups excluding carboxylic acids is 1. The Balaban J connectivity index is 1.42. The number of amides is 2. The zero-order valence-electron chi connectivity index (χ0n) is 16.7. The Kier molecular flexibility index (Phi) is 5.42. The summed E-state index contributed by atoms with van der Waals surface area (Å²) in [7, 11) is 0. The van der Waals surface area contributed by atoms with Crippen LogP contribution in [0.2, 0.25) is 0 Å². The molecule has 2 N–H and O–H groups in total. The molecule has 0 aliphatic carbocycles. The number of nitrogens with one attached hydrogen (secondary N) is 1. The highest BCUT2D eigenvalue weighted by Crippen LogP contribution is 2.36. The Hall–Kier alpha value is -2.47. The van der Waals surface area contributed by atoms with E-state index in [1.165, 1.54) is 6.07 Å². The second kappa shape index (κ2) is 8.23. The Morgan fingerprint density at radius 2 is 2.13 bits per heavy atom. The van der Waals surface area contributed by atoms with Crippen LogP contribution in [0.5, 0.6) is 0 Å². The van der Waals surface area contributed by atoms with Crippen LogP contribution in [0.15, 0.2) is 36.7 Å². The van der Waals surface area contributed by atoms with Gasteiger partial charge >= 0.3 is 6.03 Å². The number of hydrogen-bond acceptors (Lipinski definition) is 5. The Labute approximate surface area is 192 Å². The summed E-state index contributed by atoms with van der Waals surface area (Å²) in [4.78, 5) is 21.1. The molecule has 162 valence electrons. The molecule has 0 saturated carbocycles. The molecule has 8 nitrogen and oxygen atoms in total. The fourth-order valence-corrected chi connectivity index (χ4v) is 5.04. The van der Waals surface area contributed by atoms with E-state index in [0.29, 0.717) is 30.8 Å². The van der Waals surface area contributed by atoms with Crippen LogP contribution in [-0.2, 0) is 0 Å². The smallest absolute Gasteiger partial charge is 0.322 e. The third kappa shape index (κ3) is 4.05. The van der Waals surface area contributed by atoms with Crippen LogP contribution < -0.4 is 10.2 Å². The van der Waals surface area contributed by atoms with E-state index >= 15 is 0 Å². The van der Waals surface area contributed by atoms with Crippen molar-refractivity contribution in [1.29, 1.82) is 0 Å². The SMILES string of the molecule is O=C(Nc1cnn2ccc(N3CCC[C@@H]3c3cc(F)cc(I)c3)nc12)N1CC[C@H](O)C1. The number of aliphatic hydroxyl groups excluding tert-OH is 1. The number of fused-ring (bicyclic) bond motifs is 1. The number of hydrogen-bond donors (Lipinski definition) is 2. The maximum atomic E-state index is 14.0. The first kappa shape index (κ1) is 20.4. The van der Waals surface area contributed by atoms with E-state index in [2.05, 4.69) is 37.9 Å². The minimum atomic E-state index is -0.475. The van der Waals surface area contributed by atoms with Crippen LogP contribution in [0.1, 0.15) is 30.9 Å². The quantitative estimate of drug-likeness (QED) is 0.502. The molecule has 31 heavy (non-hydrogen) atoms. The molecule has 2 aliphatic heterocycles. The van der Waals surface area contributed by atoms with Gasteiger partial charge in [-0.3, -0.25) is 0 Å². The lowest BCUT2D eigenvalue weighted by molar-refractivity contribution is 0.176. The van der Waals surface area contributed by atoms with E-state index < -0.39 is 6.10 Å². The van der Waals surface area contributed by atoms with Crippen molar-refractivity contribution in [1.82, 2.24) is 19.5 Å². The first-order chi connectivity index (χ1) is 15.0. The molecule has 2 saturated heterocycles. The van der Waals surface area contributed by atoms with Crippen molar-refractivity contribution in [3.8, 4) is 0 Å². The molecule has 0 spiro atoms. The Morgan fingerprint density at radius 3 is 2.90 bits per heavy atom. The number of likely N-dealkylation sites (tertiary alicyclic amines) is 1. The number of β-amino-alcohol motifs (C(OH)–C–C–N with tert-alkyl or cyclic N) is 1. The lowest BCUT2D eigenvalue weighted by Gasteiger charge is -2.26. The molecule has 2 aromatic heterocycles. The predicted octanol–water partition coefficient (Wildman–Crippen LogP) is 3.41. The number of aromatic nitrogens is 3. The van der Waals surface area contributed by atoms with Gasteiger partial charge in [-0.15, -0.1) is 0 Å². The second-order valence-corrected chi connectivity index (χ2v) is 9.23. The van der Waals surface area contributed by atoms with Gasteiger partial charge in [-0.2, -0.15) is 5.10 Å². The molecular formula is C21H22FIN6O2. The number of benzene rings is 1. The highest BCUT2D eigenvalue weighted by Gasteiger charge is 2.29. The third-order valence-electron chi connectivity index (χ3n) is 5.86. The van der Waals surface area contributed by atoms with Gasteiger partial charge in [0.25, 0.3) is 0 Å². The van der Waals surface area contributed by atoms with E-state index in [-0.39, 0.29) is 17.9 Å². The number of urea groups is 1. The number of halogens is 2. The van der Waals surface area contributed by atoms with Gasteiger partial charge in [0.1, 0.15) is 17.3 Å². The van der Waals surface area contributed by atoms with Crippen LogP contribution in [-0.4, -0.2) is 56.4 Å². The summed E-state index contributed by atoms with van der Waals surface area (Å²) in [5.74, 6) is 0.534. The van der Waals surface area contributed by atoms with Gasteiger partial charge < -0.3 is 20.2 Å². The normalized spacial score (nSPS) is 21.3. The molecule has 0 radical (unpaired) electrons. The molecular weight excluding hydrogens is 514 g/mol. The molecule has 2 atom stereocenters. The maximum absolute atomic E-state index is 14.0. The van der Waals surface area contributed by atoms with Crippen molar-refractivity contribution in [2.24, 2.45) is 0 Å². The highest BCUT2D eigenvalue weighted by atomic mass is 127. The number of aliphatic hydroxyl groups is 1. The van der Waals surface area contributed by atoms with Crippen LogP contribution >= 0.6 is 22.6 Å². The lowest BCUT2D eigenvalue weighted by atomic mass is 10.0. The predicted molar refractivity (Wildman–Crippen MR) is 123 cm³/mol. The van der Waals surface area contributed by atoms with Crippen molar-refractivity contribution >= 4 is 45.8 Å². The van der Waals surface area contributed by atoms with Crippen LogP contribution in [0, 0.1) is 9.39 Å². The van der Waals surface area contributed by atoms with Crippen molar-refractivity contribution in [3.05, 3.63) is 51.6 Å². The molecule has 0 unspecified atom stereocenters. The third-order valence-corrected chi connectivity index (χ3v) is 6.49. The first-order valence-electron chi connectivity index (χ1n) is 10.3. The van der Waals surface area contributed by atoms with Crippen molar-refractivity contribution in [2.75, 3.05) is 29.9 Å². The fraction of sp³-hybridized carbons (Fsp3) is 0.381. The van der Waals surface area contributed by atoms with E-state index in [0.717, 1.165) is 34.3 Å². The fourth-order valence-electron chi connectivity index (χ4n) is 4.38. The average molecular weight is 536 g/mol. The minimum absolute atomic E-state index is 0.0474. The molecule has 10 heteroatoms. The van der Waals surface area contributed by atoms with Gasteiger partial charge in [0.15, 0.2) is 5.65 Å². The Morgan fingerprint density at radius 1 is 1.26 bits per heavy atom. The number of rotatable bonds is 3. The summed E-state index contributed by atoms with van der Waals surface area (Å²) in [6, 6.07) is 6.80. The largest absolute Gasteiger partial charge is 0.391 e. The van der Waals surface area contributed by atoms with Crippen LogP contribution in [0.25, 0.3) is 5.65 Å². The molecule has 2 amide bonds. The molecule has 3 aromatic rings. The first-order valence-corrected chi connectivity index (χ1v) is 11.4. The topological polar surface area (TPSA) is 86.0 Å². The molecule has 0 bridgehead atoms. The van der Waals surface area contributed by atoms with Crippen molar-refractivity contribution < 1.29 is 14.3 Å². The summed E-state index contributed by atoms with van der Waals surface area (Å²) < 4.78 is 16.5. The number of carbonyl (C=O) groups is 1. The summed E-state index contributed by atoms with van der Waals surface area (Å²) in [5, 5.41) is 16.8. The summed E-state index contributed by atoms with van der Waals surface area (Å²) in [6.07, 6.45) is 5.42. The van der Waals surface area contributed by atoms with Crippen LogP contribution in [0.4, 0.5) is 20.7 Å². The minimum Gasteiger partial charge on any atom is -0.391 e. The highest BCUT2D eigenvalue weighted by molar-refractivity contribution is 14.1. The van der Waals surface area contributed by atoms with Gasteiger partial charge in [-0.25, -0.2) is 18.7 Å². The van der Waals surface area contributed by atoms with Gasteiger partial charge in [0.05, 0.1) is 18.3 Å². The standard InChI is InChI=1S/C21H22FIN6O2/c22-14-8-13(9-15(23)10-14)18-2-1-5-28(18)19-4-7-29-20(26-19)17(11-24-29)25-21(31)27-6-3-16(30)12-27/h4,7-11,16,18,30H,1-3,5-6,12H2,(H,25,31)/t16-,18+/m0/s1. The summed E-state index contributed by atoms with van der Waals surface area (Å²) in [6.45, 7) is 1.67. The van der Waals surface area contributed by atoms with Gasteiger partial charge in [-0.05, 0) is 71.7 Å². The number of anilines is 2. The average Bonchev–Trinajstić information content (AvgIpc) is 3.47. The zero-order valence-corrected chi connectivity index (χ0v) is 18.9. The monoisotopic (exact) mass is 536 g/mol. The number of nitrogens with zero attached hydrogens (tertiary/aromatic N) is 5. The Bertz CT molecular complexity index is 1120. The van der Waals surface area contributed by atoms with E-state index in [1.54, 1.807) is 21.7 Å². The van der Waals surface area contributed by atoms with Crippen molar-refractivity contribution in [2.45, 2.75) is 31.4 Å². The molecule has 2 aliphatic rings. The van der Waals surface area contributed by atoms with Crippen molar-refractivity contribution in [3.63, 3.8) is 0 Å². The van der Waals surface area contributed by atoms with E-state index in [9.17, 15) is 14.3 Å². The molecule has 2 fully saturated rings.